The van der Waals surface area contributed by atoms with Crippen molar-refractivity contribution in [2.75, 3.05) is 20.3 Å². The Morgan fingerprint density at radius 2 is 2.21 bits per heavy atom. The van der Waals surface area contributed by atoms with Crippen molar-refractivity contribution in [1.29, 1.82) is 0 Å². The quantitative estimate of drug-likeness (QED) is 0.563. The summed E-state index contributed by atoms with van der Waals surface area (Å²) in [7, 11) is 1.78. The molecule has 1 N–H and O–H groups in total. The van der Waals surface area contributed by atoms with Gasteiger partial charge in [0, 0.05) is 43.1 Å². The van der Waals surface area contributed by atoms with Crippen molar-refractivity contribution in [2.45, 2.75) is 44.2 Å². The van der Waals surface area contributed by atoms with Gasteiger partial charge in [-0.05, 0) is 43.6 Å². The van der Waals surface area contributed by atoms with E-state index in [9.17, 15) is 13.6 Å². The standard InChI is InChI=1S/C20H22ClF2N3O2S/c1-25(12-5-7-28-10-12)17(27)9-16-19-11(4-6-26(19)20(29)24-16)8-13-15(22)3-2-14(21)18(13)23/h2-3,11-12H,4-10H2,1H3,(H,24,29). The Hall–Kier alpha value is -1.77. The number of aromatic nitrogens is 2. The molecule has 1 aromatic carbocycles. The van der Waals surface area contributed by atoms with Gasteiger partial charge in [0.15, 0.2) is 4.77 Å². The Morgan fingerprint density at radius 1 is 1.41 bits per heavy atom. The summed E-state index contributed by atoms with van der Waals surface area (Å²) in [5, 5.41) is -0.0962. The van der Waals surface area contributed by atoms with Crippen LogP contribution in [0.4, 0.5) is 8.78 Å². The zero-order chi connectivity index (χ0) is 20.7. The Kier molecular flexibility index (Phi) is 5.77. The number of nitrogens with one attached hydrogen (secondary N) is 1. The second kappa shape index (κ2) is 8.16. The second-order valence-corrected chi connectivity index (χ2v) is 8.45. The molecule has 0 radical (unpaired) electrons. The maximum absolute atomic E-state index is 14.4. The minimum atomic E-state index is -0.724. The maximum Gasteiger partial charge on any atom is 0.228 e. The fourth-order valence-corrected chi connectivity index (χ4v) is 4.78. The molecule has 29 heavy (non-hydrogen) atoms. The number of ether oxygens (including phenoxy) is 1. The van der Waals surface area contributed by atoms with Crippen molar-refractivity contribution >= 4 is 29.7 Å². The molecule has 4 rings (SSSR count). The van der Waals surface area contributed by atoms with E-state index in [1.54, 1.807) is 11.9 Å². The van der Waals surface area contributed by atoms with Crippen LogP contribution in [0.3, 0.4) is 0 Å². The molecule has 0 spiro atoms. The predicted molar refractivity (Wildman–Crippen MR) is 108 cm³/mol. The van der Waals surface area contributed by atoms with Crippen LogP contribution in [0.1, 0.15) is 35.7 Å². The number of carbonyl (C=O) groups excluding carboxylic acids is 1. The molecule has 0 aliphatic carbocycles. The summed E-state index contributed by atoms with van der Waals surface area (Å²) >= 11 is 11.3. The normalized spacial score (nSPS) is 20.8. The van der Waals surface area contributed by atoms with Crippen molar-refractivity contribution < 1.29 is 18.3 Å². The molecular formula is C20H22ClF2N3O2S. The highest BCUT2D eigenvalue weighted by atomic mass is 35.5. The lowest BCUT2D eigenvalue weighted by atomic mass is 9.93. The highest BCUT2D eigenvalue weighted by Crippen LogP contribution is 2.36. The van der Waals surface area contributed by atoms with E-state index >= 15 is 0 Å². The fraction of sp³-hybridized carbons (Fsp3) is 0.500. The van der Waals surface area contributed by atoms with Crippen LogP contribution < -0.4 is 0 Å². The number of H-pyrrole nitrogens is 1. The third-order valence-corrected chi connectivity index (χ3v) is 6.57. The lowest BCUT2D eigenvalue weighted by molar-refractivity contribution is -0.131. The number of benzene rings is 1. The molecule has 1 saturated heterocycles. The molecule has 2 atom stereocenters. The molecule has 0 bridgehead atoms. The number of likely N-dealkylation sites (N-methyl/N-ethyl adjacent to an activating group) is 1. The van der Waals surface area contributed by atoms with Crippen LogP contribution in [0.2, 0.25) is 5.02 Å². The van der Waals surface area contributed by atoms with Crippen molar-refractivity contribution in [3.8, 4) is 0 Å². The smallest absolute Gasteiger partial charge is 0.228 e. The molecule has 9 heteroatoms. The number of halogens is 3. The Morgan fingerprint density at radius 3 is 2.93 bits per heavy atom. The number of fused-ring (bicyclic) bond motifs is 1. The minimum Gasteiger partial charge on any atom is -0.379 e. The third-order valence-electron chi connectivity index (χ3n) is 5.96. The first-order valence-corrected chi connectivity index (χ1v) is 10.4. The molecular weight excluding hydrogens is 420 g/mol. The Bertz CT molecular complexity index is 1000. The lowest BCUT2D eigenvalue weighted by Gasteiger charge is -2.23. The molecule has 3 heterocycles. The molecule has 1 fully saturated rings. The molecule has 5 nitrogen and oxygen atoms in total. The Balaban J connectivity index is 1.59. The highest BCUT2D eigenvalue weighted by Gasteiger charge is 2.32. The number of rotatable bonds is 5. The SMILES string of the molecule is CN(C(=O)Cc1[nH]c(=S)n2c1C(Cc1c(F)ccc(Cl)c1F)CC2)C1CCOC1. The molecule has 0 saturated carbocycles. The third kappa shape index (κ3) is 3.85. The van der Waals surface area contributed by atoms with E-state index in [1.807, 2.05) is 4.57 Å². The van der Waals surface area contributed by atoms with Crippen molar-refractivity contribution in [3.63, 3.8) is 0 Å². The average molecular weight is 442 g/mol. The zero-order valence-corrected chi connectivity index (χ0v) is 17.6. The first kappa shape index (κ1) is 20.5. The zero-order valence-electron chi connectivity index (χ0n) is 16.0. The van der Waals surface area contributed by atoms with Crippen LogP contribution in [-0.4, -0.2) is 46.7 Å². The number of imidazole rings is 1. The molecule has 2 aromatic rings. The van der Waals surface area contributed by atoms with Gasteiger partial charge in [0.05, 0.1) is 24.1 Å². The van der Waals surface area contributed by atoms with Gasteiger partial charge >= 0.3 is 0 Å². The van der Waals surface area contributed by atoms with Gasteiger partial charge in [0.25, 0.3) is 0 Å². The van der Waals surface area contributed by atoms with E-state index in [0.29, 0.717) is 31.0 Å². The van der Waals surface area contributed by atoms with Gasteiger partial charge < -0.3 is 19.2 Å². The van der Waals surface area contributed by atoms with Gasteiger partial charge in [0.2, 0.25) is 5.91 Å². The van der Waals surface area contributed by atoms with Crippen molar-refractivity contribution in [2.24, 2.45) is 0 Å². The summed E-state index contributed by atoms with van der Waals surface area (Å²) in [6.07, 6.45) is 1.85. The number of hydrogen-bond acceptors (Lipinski definition) is 3. The van der Waals surface area contributed by atoms with Crippen LogP contribution >= 0.6 is 23.8 Å². The molecule has 2 aliphatic heterocycles. The number of nitrogens with zero attached hydrogens (tertiary/aromatic N) is 2. The average Bonchev–Trinajstić information content (AvgIpc) is 3.42. The Labute approximate surface area is 177 Å². The summed E-state index contributed by atoms with van der Waals surface area (Å²) < 4.78 is 36.5. The molecule has 1 aromatic heterocycles. The maximum atomic E-state index is 14.4. The van der Waals surface area contributed by atoms with Crippen LogP contribution in [0.15, 0.2) is 12.1 Å². The van der Waals surface area contributed by atoms with Gasteiger partial charge in [-0.3, -0.25) is 4.79 Å². The summed E-state index contributed by atoms with van der Waals surface area (Å²) in [6, 6.07) is 2.48. The van der Waals surface area contributed by atoms with E-state index in [4.69, 9.17) is 28.6 Å². The van der Waals surface area contributed by atoms with Crippen LogP contribution in [-0.2, 0) is 28.9 Å². The molecule has 156 valence electrons. The number of hydrogen-bond donors (Lipinski definition) is 1. The van der Waals surface area contributed by atoms with Crippen LogP contribution in [0.5, 0.6) is 0 Å². The first-order valence-electron chi connectivity index (χ1n) is 9.64. The van der Waals surface area contributed by atoms with E-state index in [-0.39, 0.29) is 41.3 Å². The topological polar surface area (TPSA) is 50.3 Å². The van der Waals surface area contributed by atoms with Gasteiger partial charge in [-0.15, -0.1) is 0 Å². The summed E-state index contributed by atoms with van der Waals surface area (Å²) in [4.78, 5) is 17.6. The molecule has 2 aliphatic rings. The minimum absolute atomic E-state index is 0.0273. The molecule has 2 unspecified atom stereocenters. The predicted octanol–water partition coefficient (Wildman–Crippen LogP) is 4.00. The highest BCUT2D eigenvalue weighted by molar-refractivity contribution is 7.71. The second-order valence-electron chi connectivity index (χ2n) is 7.66. The van der Waals surface area contributed by atoms with E-state index in [2.05, 4.69) is 4.98 Å². The van der Waals surface area contributed by atoms with E-state index in [0.717, 1.165) is 17.8 Å². The van der Waals surface area contributed by atoms with E-state index in [1.165, 1.54) is 12.1 Å². The molecule has 1 amide bonds. The number of carbonyl (C=O) groups is 1. The van der Waals surface area contributed by atoms with Crippen LogP contribution in [0, 0.1) is 16.4 Å². The van der Waals surface area contributed by atoms with Gasteiger partial charge in [0.1, 0.15) is 11.6 Å². The first-order chi connectivity index (χ1) is 13.9. The van der Waals surface area contributed by atoms with Crippen molar-refractivity contribution in [1.82, 2.24) is 14.5 Å². The van der Waals surface area contributed by atoms with Gasteiger partial charge in [-0.25, -0.2) is 8.78 Å². The van der Waals surface area contributed by atoms with Crippen LogP contribution in [0.25, 0.3) is 0 Å². The largest absolute Gasteiger partial charge is 0.379 e. The number of amides is 1. The number of aromatic amines is 1. The van der Waals surface area contributed by atoms with E-state index < -0.39 is 11.6 Å². The van der Waals surface area contributed by atoms with Gasteiger partial charge in [-0.2, -0.15) is 0 Å². The summed E-state index contributed by atoms with van der Waals surface area (Å²) in [5.41, 5.74) is 1.55. The summed E-state index contributed by atoms with van der Waals surface area (Å²) in [6.45, 7) is 1.85. The van der Waals surface area contributed by atoms with Gasteiger partial charge in [-0.1, -0.05) is 11.6 Å². The monoisotopic (exact) mass is 441 g/mol. The fourth-order valence-electron chi connectivity index (χ4n) is 4.29. The lowest BCUT2D eigenvalue weighted by Crippen LogP contribution is -2.38. The van der Waals surface area contributed by atoms with Crippen molar-refractivity contribution in [3.05, 3.63) is 50.5 Å². The summed E-state index contributed by atoms with van der Waals surface area (Å²) in [5.74, 6) is -1.52.